The summed E-state index contributed by atoms with van der Waals surface area (Å²) in [5, 5.41) is 3.85. The lowest BCUT2D eigenvalue weighted by Gasteiger charge is -2.46. The van der Waals surface area contributed by atoms with Gasteiger partial charge in [0.1, 0.15) is 0 Å². The highest BCUT2D eigenvalue weighted by Crippen LogP contribution is 2.35. The number of rotatable bonds is 4. The standard InChI is InChI=1S/C17H32N2/c1-13(2)16-12-19(11-14-8-9-14)17(10-18-16)15-6-4-3-5-7-15/h13-18H,3-12H2,1-2H3. The molecule has 1 N–H and O–H groups in total. The predicted octanol–water partition coefficient (Wildman–Crippen LogP) is 3.28. The van der Waals surface area contributed by atoms with E-state index in [9.17, 15) is 0 Å². The van der Waals surface area contributed by atoms with Crippen LogP contribution in [-0.4, -0.2) is 36.6 Å². The Morgan fingerprint density at radius 1 is 1.05 bits per heavy atom. The van der Waals surface area contributed by atoms with Crippen molar-refractivity contribution in [2.75, 3.05) is 19.6 Å². The monoisotopic (exact) mass is 264 g/mol. The second kappa shape index (κ2) is 6.13. The molecule has 19 heavy (non-hydrogen) atoms. The van der Waals surface area contributed by atoms with Gasteiger partial charge in [0.2, 0.25) is 0 Å². The molecule has 0 aromatic heterocycles. The number of hydrogen-bond donors (Lipinski definition) is 1. The molecule has 0 bridgehead atoms. The minimum atomic E-state index is 0.721. The second-order valence-corrected chi connectivity index (χ2v) is 7.62. The molecule has 2 aliphatic carbocycles. The molecule has 1 aliphatic heterocycles. The molecule has 0 aromatic rings. The van der Waals surface area contributed by atoms with E-state index >= 15 is 0 Å². The van der Waals surface area contributed by atoms with Crippen LogP contribution in [0.25, 0.3) is 0 Å². The summed E-state index contributed by atoms with van der Waals surface area (Å²) < 4.78 is 0. The molecule has 110 valence electrons. The van der Waals surface area contributed by atoms with Crippen LogP contribution in [0.15, 0.2) is 0 Å². The van der Waals surface area contributed by atoms with E-state index in [-0.39, 0.29) is 0 Å². The van der Waals surface area contributed by atoms with E-state index in [1.54, 1.807) is 0 Å². The maximum absolute atomic E-state index is 3.85. The summed E-state index contributed by atoms with van der Waals surface area (Å²) in [6.07, 6.45) is 10.4. The van der Waals surface area contributed by atoms with Crippen molar-refractivity contribution in [2.45, 2.75) is 70.9 Å². The van der Waals surface area contributed by atoms with Crippen LogP contribution in [0, 0.1) is 17.8 Å². The van der Waals surface area contributed by atoms with E-state index in [1.807, 2.05) is 0 Å². The Labute approximate surface area is 119 Å². The lowest BCUT2D eigenvalue weighted by molar-refractivity contribution is 0.0578. The minimum Gasteiger partial charge on any atom is -0.311 e. The molecule has 3 rings (SSSR count). The lowest BCUT2D eigenvalue weighted by Crippen LogP contribution is -2.60. The molecule has 2 atom stereocenters. The van der Waals surface area contributed by atoms with E-state index < -0.39 is 0 Å². The molecule has 2 heteroatoms. The maximum Gasteiger partial charge on any atom is 0.0249 e. The molecule has 0 aromatic carbocycles. The van der Waals surface area contributed by atoms with Crippen LogP contribution in [-0.2, 0) is 0 Å². The summed E-state index contributed by atoms with van der Waals surface area (Å²) in [5.41, 5.74) is 0. The van der Waals surface area contributed by atoms with Crippen LogP contribution in [0.5, 0.6) is 0 Å². The molecular weight excluding hydrogens is 232 g/mol. The van der Waals surface area contributed by atoms with Crippen molar-refractivity contribution in [3.8, 4) is 0 Å². The Balaban J connectivity index is 1.62. The summed E-state index contributed by atoms with van der Waals surface area (Å²) in [6, 6.07) is 1.56. The first-order valence-electron chi connectivity index (χ1n) is 8.71. The number of hydrogen-bond acceptors (Lipinski definition) is 2. The van der Waals surface area contributed by atoms with Crippen molar-refractivity contribution >= 4 is 0 Å². The van der Waals surface area contributed by atoms with Gasteiger partial charge in [-0.15, -0.1) is 0 Å². The van der Waals surface area contributed by atoms with E-state index in [4.69, 9.17) is 0 Å². The second-order valence-electron chi connectivity index (χ2n) is 7.62. The highest BCUT2D eigenvalue weighted by Gasteiger charge is 2.37. The van der Waals surface area contributed by atoms with Gasteiger partial charge in [-0.1, -0.05) is 33.1 Å². The molecular formula is C17H32N2. The van der Waals surface area contributed by atoms with E-state index in [0.29, 0.717) is 0 Å². The zero-order valence-electron chi connectivity index (χ0n) is 12.9. The first kappa shape index (κ1) is 13.9. The average Bonchev–Trinajstić information content (AvgIpc) is 3.23. The topological polar surface area (TPSA) is 15.3 Å². The molecule has 1 saturated heterocycles. The molecule has 3 fully saturated rings. The third-order valence-corrected chi connectivity index (χ3v) is 5.68. The fraction of sp³-hybridized carbons (Fsp3) is 1.00. The molecule has 2 nitrogen and oxygen atoms in total. The van der Waals surface area contributed by atoms with Crippen LogP contribution >= 0.6 is 0 Å². The summed E-state index contributed by atoms with van der Waals surface area (Å²) in [4.78, 5) is 2.88. The third-order valence-electron chi connectivity index (χ3n) is 5.68. The van der Waals surface area contributed by atoms with Crippen LogP contribution < -0.4 is 5.32 Å². The van der Waals surface area contributed by atoms with Gasteiger partial charge in [0, 0.05) is 31.7 Å². The maximum atomic E-state index is 3.85. The molecule has 3 aliphatic rings. The van der Waals surface area contributed by atoms with Gasteiger partial charge in [-0.05, 0) is 43.4 Å². The van der Waals surface area contributed by atoms with Crippen molar-refractivity contribution in [3.63, 3.8) is 0 Å². The molecule has 0 radical (unpaired) electrons. The van der Waals surface area contributed by atoms with Crippen LogP contribution in [0.2, 0.25) is 0 Å². The highest BCUT2D eigenvalue weighted by molar-refractivity contribution is 4.93. The van der Waals surface area contributed by atoms with Gasteiger partial charge in [-0.25, -0.2) is 0 Å². The lowest BCUT2D eigenvalue weighted by atomic mass is 9.81. The zero-order valence-corrected chi connectivity index (χ0v) is 12.9. The fourth-order valence-corrected chi connectivity index (χ4v) is 4.13. The molecule has 1 heterocycles. The van der Waals surface area contributed by atoms with Crippen molar-refractivity contribution in [1.82, 2.24) is 10.2 Å². The van der Waals surface area contributed by atoms with Crippen molar-refractivity contribution in [1.29, 1.82) is 0 Å². The van der Waals surface area contributed by atoms with Crippen molar-refractivity contribution in [2.24, 2.45) is 17.8 Å². The van der Waals surface area contributed by atoms with Crippen LogP contribution in [0.1, 0.15) is 58.8 Å². The van der Waals surface area contributed by atoms with E-state index in [1.165, 1.54) is 64.6 Å². The number of nitrogens with zero attached hydrogens (tertiary/aromatic N) is 1. The number of nitrogens with one attached hydrogen (secondary N) is 1. The quantitative estimate of drug-likeness (QED) is 0.838. The summed E-state index contributed by atoms with van der Waals surface area (Å²) >= 11 is 0. The molecule has 0 spiro atoms. The molecule has 2 saturated carbocycles. The SMILES string of the molecule is CC(C)C1CN(CC2CC2)C(C2CCCCC2)CN1. The van der Waals surface area contributed by atoms with Crippen LogP contribution in [0.4, 0.5) is 0 Å². The smallest absolute Gasteiger partial charge is 0.0249 e. The van der Waals surface area contributed by atoms with Gasteiger partial charge in [0.15, 0.2) is 0 Å². The van der Waals surface area contributed by atoms with Gasteiger partial charge in [-0.2, -0.15) is 0 Å². The number of piperazine rings is 1. The van der Waals surface area contributed by atoms with Crippen LogP contribution in [0.3, 0.4) is 0 Å². The van der Waals surface area contributed by atoms with E-state index in [2.05, 4.69) is 24.1 Å². The summed E-state index contributed by atoms with van der Waals surface area (Å²) in [7, 11) is 0. The third kappa shape index (κ3) is 3.52. The van der Waals surface area contributed by atoms with Crippen molar-refractivity contribution in [3.05, 3.63) is 0 Å². The van der Waals surface area contributed by atoms with E-state index in [0.717, 1.165) is 29.8 Å². The highest BCUT2D eigenvalue weighted by atomic mass is 15.2. The minimum absolute atomic E-state index is 0.721. The Morgan fingerprint density at radius 3 is 2.42 bits per heavy atom. The van der Waals surface area contributed by atoms with Crippen molar-refractivity contribution < 1.29 is 0 Å². The van der Waals surface area contributed by atoms with Gasteiger partial charge in [0.05, 0.1) is 0 Å². The zero-order chi connectivity index (χ0) is 13.2. The predicted molar refractivity (Wildman–Crippen MR) is 81.3 cm³/mol. The Bertz CT molecular complexity index is 279. The Kier molecular flexibility index (Phi) is 4.48. The molecule has 2 unspecified atom stereocenters. The van der Waals surface area contributed by atoms with Gasteiger partial charge in [-0.3, -0.25) is 4.90 Å². The Morgan fingerprint density at radius 2 is 1.79 bits per heavy atom. The largest absolute Gasteiger partial charge is 0.311 e. The summed E-state index contributed by atoms with van der Waals surface area (Å²) in [6.45, 7) is 8.68. The Hall–Kier alpha value is -0.0800. The van der Waals surface area contributed by atoms with Gasteiger partial charge >= 0.3 is 0 Å². The fourth-order valence-electron chi connectivity index (χ4n) is 4.13. The van der Waals surface area contributed by atoms with Gasteiger partial charge in [0.25, 0.3) is 0 Å². The normalized spacial score (nSPS) is 34.9. The first-order chi connectivity index (χ1) is 9.24. The van der Waals surface area contributed by atoms with Gasteiger partial charge < -0.3 is 5.32 Å². The average molecular weight is 264 g/mol. The summed E-state index contributed by atoms with van der Waals surface area (Å²) in [5.74, 6) is 2.79. The molecule has 0 amide bonds. The first-order valence-corrected chi connectivity index (χ1v) is 8.71.